The molecule has 0 bridgehead atoms. The number of nitrogens with one attached hydrogen (secondary N) is 1. The lowest BCUT2D eigenvalue weighted by molar-refractivity contribution is 0.102. The van der Waals surface area contributed by atoms with Crippen LogP contribution in [-0.2, 0) is 0 Å². The number of carbonyl (C=O) groups is 1. The fourth-order valence-electron chi connectivity index (χ4n) is 1.52. The lowest BCUT2D eigenvalue weighted by Gasteiger charge is -2.09. The fraction of sp³-hybridized carbons (Fsp3) is 0. The maximum absolute atomic E-state index is 13.1. The average Bonchev–Trinajstić information content (AvgIpc) is 2.33. The summed E-state index contributed by atoms with van der Waals surface area (Å²) in [7, 11) is 0. The molecule has 0 aromatic heterocycles. The van der Waals surface area contributed by atoms with Gasteiger partial charge in [-0.3, -0.25) is 4.79 Å². The third-order valence-electron chi connectivity index (χ3n) is 2.43. The number of nitrogen functional groups attached to an aromatic ring is 1. The van der Waals surface area contributed by atoms with Crippen molar-refractivity contribution in [1.29, 1.82) is 0 Å². The van der Waals surface area contributed by atoms with Gasteiger partial charge in [0.2, 0.25) is 0 Å². The van der Waals surface area contributed by atoms with Crippen molar-refractivity contribution < 1.29 is 9.18 Å². The third-order valence-corrected chi connectivity index (χ3v) is 3.26. The molecule has 0 atom stereocenters. The van der Waals surface area contributed by atoms with Crippen molar-refractivity contribution in [2.75, 3.05) is 11.1 Å². The molecule has 1 amide bonds. The Morgan fingerprint density at radius 3 is 2.68 bits per heavy atom. The van der Waals surface area contributed by atoms with Crippen molar-refractivity contribution in [1.82, 2.24) is 0 Å². The summed E-state index contributed by atoms with van der Waals surface area (Å²) in [6.07, 6.45) is 0. The summed E-state index contributed by atoms with van der Waals surface area (Å²) in [6.45, 7) is 0. The van der Waals surface area contributed by atoms with Gasteiger partial charge >= 0.3 is 0 Å². The number of hydrogen-bond acceptors (Lipinski definition) is 2. The highest BCUT2D eigenvalue weighted by atomic mass is 79.9. The molecule has 0 fully saturated rings. The summed E-state index contributed by atoms with van der Waals surface area (Å²) in [5.74, 6) is -0.930. The monoisotopic (exact) mass is 342 g/mol. The van der Waals surface area contributed by atoms with E-state index in [9.17, 15) is 9.18 Å². The Morgan fingerprint density at radius 2 is 2.00 bits per heavy atom. The normalized spacial score (nSPS) is 10.3. The lowest BCUT2D eigenvalue weighted by atomic mass is 10.1. The first-order chi connectivity index (χ1) is 8.97. The first-order valence-electron chi connectivity index (χ1n) is 5.29. The molecule has 0 spiro atoms. The topological polar surface area (TPSA) is 55.1 Å². The van der Waals surface area contributed by atoms with Crippen LogP contribution in [0.1, 0.15) is 10.4 Å². The molecule has 0 unspecified atom stereocenters. The van der Waals surface area contributed by atoms with Gasteiger partial charge in [0, 0.05) is 10.2 Å². The van der Waals surface area contributed by atoms with E-state index in [0.29, 0.717) is 11.3 Å². The van der Waals surface area contributed by atoms with Gasteiger partial charge in [0.15, 0.2) is 0 Å². The molecule has 0 aliphatic heterocycles. The van der Waals surface area contributed by atoms with E-state index in [1.807, 2.05) is 0 Å². The van der Waals surface area contributed by atoms with Gasteiger partial charge in [0.25, 0.3) is 5.91 Å². The van der Waals surface area contributed by atoms with Crippen molar-refractivity contribution >= 4 is 44.8 Å². The van der Waals surface area contributed by atoms with E-state index >= 15 is 0 Å². The standard InChI is InChI=1S/C13H9BrClFN2O/c14-7-1-3-9(11(17)5-7)13(19)18-12-6-8(16)2-4-10(12)15/h1-6H,17H2,(H,18,19). The zero-order valence-corrected chi connectivity index (χ0v) is 11.9. The van der Waals surface area contributed by atoms with Gasteiger partial charge in [0.1, 0.15) is 5.82 Å². The summed E-state index contributed by atoms with van der Waals surface area (Å²) in [5.41, 5.74) is 6.56. The Balaban J connectivity index is 2.28. The van der Waals surface area contributed by atoms with Gasteiger partial charge in [-0.1, -0.05) is 27.5 Å². The SMILES string of the molecule is Nc1cc(Br)ccc1C(=O)Nc1cc(F)ccc1Cl. The first-order valence-corrected chi connectivity index (χ1v) is 6.46. The number of hydrogen-bond donors (Lipinski definition) is 2. The van der Waals surface area contributed by atoms with Crippen LogP contribution in [0.2, 0.25) is 5.02 Å². The highest BCUT2D eigenvalue weighted by molar-refractivity contribution is 9.10. The number of anilines is 2. The van der Waals surface area contributed by atoms with Crippen molar-refractivity contribution in [2.24, 2.45) is 0 Å². The largest absolute Gasteiger partial charge is 0.398 e. The summed E-state index contributed by atoms with van der Waals surface area (Å²) in [4.78, 5) is 12.0. The quantitative estimate of drug-likeness (QED) is 0.807. The minimum absolute atomic E-state index is 0.203. The van der Waals surface area contributed by atoms with Crippen LogP contribution in [0.15, 0.2) is 40.9 Å². The molecular weight excluding hydrogens is 335 g/mol. The number of rotatable bonds is 2. The van der Waals surface area contributed by atoms with Gasteiger partial charge in [-0.25, -0.2) is 4.39 Å². The second-order valence-corrected chi connectivity index (χ2v) is 5.13. The van der Waals surface area contributed by atoms with E-state index < -0.39 is 11.7 Å². The number of nitrogens with two attached hydrogens (primary N) is 1. The number of halogens is 3. The smallest absolute Gasteiger partial charge is 0.257 e. The van der Waals surface area contributed by atoms with Crippen LogP contribution in [0, 0.1) is 5.82 Å². The molecule has 98 valence electrons. The highest BCUT2D eigenvalue weighted by Gasteiger charge is 2.12. The summed E-state index contributed by atoms with van der Waals surface area (Å²) in [5, 5.41) is 2.78. The number of amides is 1. The van der Waals surface area contributed by atoms with Gasteiger partial charge < -0.3 is 11.1 Å². The van der Waals surface area contributed by atoms with Gasteiger partial charge in [0.05, 0.1) is 16.3 Å². The molecule has 0 heterocycles. The summed E-state index contributed by atoms with van der Waals surface area (Å²) >= 11 is 9.12. The van der Waals surface area contributed by atoms with Gasteiger partial charge in [-0.05, 0) is 36.4 Å². The summed E-state index contributed by atoms with van der Waals surface area (Å²) in [6, 6.07) is 8.61. The molecule has 0 aliphatic rings. The molecule has 0 saturated heterocycles. The van der Waals surface area contributed by atoms with Crippen molar-refractivity contribution in [3.63, 3.8) is 0 Å². The van der Waals surface area contributed by atoms with Crippen LogP contribution in [0.5, 0.6) is 0 Å². The predicted molar refractivity (Wildman–Crippen MR) is 77.9 cm³/mol. The van der Waals surface area contributed by atoms with Crippen LogP contribution < -0.4 is 11.1 Å². The Bertz CT molecular complexity index is 649. The molecule has 19 heavy (non-hydrogen) atoms. The van der Waals surface area contributed by atoms with E-state index in [0.717, 1.165) is 10.5 Å². The maximum atomic E-state index is 13.1. The minimum atomic E-state index is -0.483. The second-order valence-electron chi connectivity index (χ2n) is 3.81. The van der Waals surface area contributed by atoms with Crippen molar-refractivity contribution in [3.8, 4) is 0 Å². The molecule has 0 aliphatic carbocycles. The van der Waals surface area contributed by atoms with E-state index in [-0.39, 0.29) is 10.7 Å². The molecule has 3 N–H and O–H groups in total. The van der Waals surface area contributed by atoms with E-state index in [1.165, 1.54) is 12.1 Å². The van der Waals surface area contributed by atoms with Crippen molar-refractivity contribution in [3.05, 3.63) is 57.3 Å². The fourth-order valence-corrected chi connectivity index (χ4v) is 2.07. The number of benzene rings is 2. The van der Waals surface area contributed by atoms with Crippen LogP contribution in [0.3, 0.4) is 0 Å². The zero-order chi connectivity index (χ0) is 14.0. The Morgan fingerprint density at radius 1 is 1.26 bits per heavy atom. The predicted octanol–water partition coefficient (Wildman–Crippen LogP) is 4.08. The molecular formula is C13H9BrClFN2O. The first kappa shape index (κ1) is 13.8. The summed E-state index contributed by atoms with van der Waals surface area (Å²) < 4.78 is 13.9. The van der Waals surface area contributed by atoms with Crippen LogP contribution >= 0.6 is 27.5 Å². The molecule has 0 saturated carbocycles. The Kier molecular flexibility index (Phi) is 4.07. The van der Waals surface area contributed by atoms with Crippen LogP contribution in [-0.4, -0.2) is 5.91 Å². The molecule has 3 nitrogen and oxygen atoms in total. The Hall–Kier alpha value is -1.59. The molecule has 2 aromatic carbocycles. The Labute approximate surface area is 122 Å². The van der Waals surface area contributed by atoms with Gasteiger partial charge in [-0.2, -0.15) is 0 Å². The van der Waals surface area contributed by atoms with Crippen molar-refractivity contribution in [2.45, 2.75) is 0 Å². The third kappa shape index (κ3) is 3.24. The molecule has 0 radical (unpaired) electrons. The van der Waals surface area contributed by atoms with Crippen LogP contribution in [0.4, 0.5) is 15.8 Å². The molecule has 2 aromatic rings. The number of carbonyl (C=O) groups excluding carboxylic acids is 1. The highest BCUT2D eigenvalue weighted by Crippen LogP contribution is 2.24. The minimum Gasteiger partial charge on any atom is -0.398 e. The van der Waals surface area contributed by atoms with Gasteiger partial charge in [-0.15, -0.1) is 0 Å². The zero-order valence-electron chi connectivity index (χ0n) is 9.58. The van der Waals surface area contributed by atoms with E-state index in [4.69, 9.17) is 17.3 Å². The van der Waals surface area contributed by atoms with E-state index in [1.54, 1.807) is 18.2 Å². The second kappa shape index (κ2) is 5.59. The molecule has 6 heteroatoms. The van der Waals surface area contributed by atoms with Crippen LogP contribution in [0.25, 0.3) is 0 Å². The molecule has 2 rings (SSSR count). The maximum Gasteiger partial charge on any atom is 0.257 e. The van der Waals surface area contributed by atoms with E-state index in [2.05, 4.69) is 21.2 Å². The average molecular weight is 344 g/mol. The lowest BCUT2D eigenvalue weighted by Crippen LogP contribution is -2.14.